The molecule has 72 valence electrons. The van der Waals surface area contributed by atoms with E-state index < -0.39 is 0 Å². The molecule has 0 saturated carbocycles. The average molecular weight is 327 g/mol. The first-order valence-electron chi connectivity index (χ1n) is 3.75. The maximum atomic E-state index is 11.2. The second-order valence-electron chi connectivity index (χ2n) is 2.54. The highest BCUT2D eigenvalue weighted by atomic mass is 79.9. The predicted octanol–water partition coefficient (Wildman–Crippen LogP) is 2.91. The van der Waals surface area contributed by atoms with Gasteiger partial charge >= 0.3 is 0 Å². The molecule has 1 unspecified atom stereocenters. The van der Waals surface area contributed by atoms with Crippen molar-refractivity contribution < 1.29 is 4.79 Å². The maximum Gasteiger partial charge on any atom is 0.233 e. The second kappa shape index (κ2) is 5.12. The Hall–Kier alpha value is 0.130. The molecule has 5 heteroatoms. The molecule has 1 amide bonds. The average Bonchev–Trinajstić information content (AvgIpc) is 2.47. The molecule has 13 heavy (non-hydrogen) atoms. The van der Waals surface area contributed by atoms with Gasteiger partial charge in [-0.25, -0.2) is 0 Å². The number of amides is 1. The summed E-state index contributed by atoms with van der Waals surface area (Å²) in [5.74, 6) is 0.0181. The molecule has 0 fully saturated rings. The number of alkyl halides is 1. The summed E-state index contributed by atoms with van der Waals surface area (Å²) < 4.78 is 1.09. The first-order chi connectivity index (χ1) is 6.09. The van der Waals surface area contributed by atoms with E-state index in [1.807, 2.05) is 12.1 Å². The highest BCUT2D eigenvalue weighted by Gasteiger charge is 2.07. The minimum Gasteiger partial charge on any atom is -0.350 e. The van der Waals surface area contributed by atoms with E-state index in [0.29, 0.717) is 6.54 Å². The number of carbonyl (C=O) groups excluding carboxylic acids is 1. The molecule has 2 nitrogen and oxygen atoms in total. The lowest BCUT2D eigenvalue weighted by atomic mass is 10.4. The van der Waals surface area contributed by atoms with E-state index in [0.717, 1.165) is 8.66 Å². The van der Waals surface area contributed by atoms with Crippen LogP contribution >= 0.6 is 43.2 Å². The molecule has 0 bridgehead atoms. The molecule has 0 aliphatic rings. The van der Waals surface area contributed by atoms with Crippen molar-refractivity contribution in [3.8, 4) is 0 Å². The fourth-order valence-corrected chi connectivity index (χ4v) is 2.35. The molecule has 1 aromatic rings. The van der Waals surface area contributed by atoms with Gasteiger partial charge in [0.15, 0.2) is 0 Å². The Morgan fingerprint density at radius 1 is 1.69 bits per heavy atom. The van der Waals surface area contributed by atoms with Crippen molar-refractivity contribution in [3.05, 3.63) is 20.8 Å². The highest BCUT2D eigenvalue weighted by Crippen LogP contribution is 2.21. The molecule has 1 rings (SSSR count). The van der Waals surface area contributed by atoms with Gasteiger partial charge in [-0.1, -0.05) is 15.9 Å². The summed E-state index contributed by atoms with van der Waals surface area (Å²) in [4.78, 5) is 12.2. The number of carbonyl (C=O) groups is 1. The van der Waals surface area contributed by atoms with Gasteiger partial charge < -0.3 is 5.32 Å². The predicted molar refractivity (Wildman–Crippen MR) is 62.3 cm³/mol. The van der Waals surface area contributed by atoms with E-state index in [1.165, 1.54) is 0 Å². The fourth-order valence-electron chi connectivity index (χ4n) is 0.762. The fraction of sp³-hybridized carbons (Fsp3) is 0.375. The second-order valence-corrected chi connectivity index (χ2v) is 6.46. The molecule has 0 saturated heterocycles. The molecule has 1 heterocycles. The molecule has 1 N–H and O–H groups in total. The molecule has 0 spiro atoms. The summed E-state index contributed by atoms with van der Waals surface area (Å²) in [5.41, 5.74) is 0. The van der Waals surface area contributed by atoms with Crippen LogP contribution in [-0.4, -0.2) is 10.7 Å². The van der Waals surface area contributed by atoms with Gasteiger partial charge in [0, 0.05) is 4.88 Å². The van der Waals surface area contributed by atoms with E-state index in [4.69, 9.17) is 0 Å². The molecule has 0 aromatic carbocycles. The molecule has 1 atom stereocenters. The van der Waals surface area contributed by atoms with Crippen LogP contribution in [0.5, 0.6) is 0 Å². The van der Waals surface area contributed by atoms with E-state index in [-0.39, 0.29) is 10.7 Å². The van der Waals surface area contributed by atoms with Gasteiger partial charge in [-0.15, -0.1) is 11.3 Å². The number of thiophene rings is 1. The summed E-state index contributed by atoms with van der Waals surface area (Å²) in [6.07, 6.45) is 0. The minimum absolute atomic E-state index is 0.0181. The number of hydrogen-bond acceptors (Lipinski definition) is 2. The van der Waals surface area contributed by atoms with Crippen LogP contribution in [0.1, 0.15) is 11.8 Å². The van der Waals surface area contributed by atoms with Crippen LogP contribution < -0.4 is 5.32 Å². The van der Waals surface area contributed by atoms with Gasteiger partial charge in [0.1, 0.15) is 0 Å². The van der Waals surface area contributed by atoms with Crippen molar-refractivity contribution in [3.63, 3.8) is 0 Å². The lowest BCUT2D eigenvalue weighted by Gasteiger charge is -2.04. The van der Waals surface area contributed by atoms with Crippen LogP contribution in [0.2, 0.25) is 0 Å². The largest absolute Gasteiger partial charge is 0.350 e. The maximum absolute atomic E-state index is 11.2. The van der Waals surface area contributed by atoms with Gasteiger partial charge in [-0.2, -0.15) is 0 Å². The van der Waals surface area contributed by atoms with Gasteiger partial charge in [0.05, 0.1) is 15.2 Å². The van der Waals surface area contributed by atoms with Gasteiger partial charge in [-0.05, 0) is 35.0 Å². The van der Waals surface area contributed by atoms with Crippen LogP contribution in [0.4, 0.5) is 0 Å². The summed E-state index contributed by atoms with van der Waals surface area (Å²) in [7, 11) is 0. The molecule has 1 aromatic heterocycles. The summed E-state index contributed by atoms with van der Waals surface area (Å²) in [5, 5.41) is 2.82. The van der Waals surface area contributed by atoms with E-state index in [2.05, 4.69) is 37.2 Å². The van der Waals surface area contributed by atoms with Crippen LogP contribution in [0.25, 0.3) is 0 Å². The van der Waals surface area contributed by atoms with E-state index >= 15 is 0 Å². The van der Waals surface area contributed by atoms with Crippen molar-refractivity contribution in [2.45, 2.75) is 18.3 Å². The van der Waals surface area contributed by atoms with Gasteiger partial charge in [-0.3, -0.25) is 4.79 Å². The third-order valence-electron chi connectivity index (χ3n) is 1.43. The number of rotatable bonds is 3. The van der Waals surface area contributed by atoms with Crippen molar-refractivity contribution in [1.82, 2.24) is 5.32 Å². The number of hydrogen-bond donors (Lipinski definition) is 1. The molecule has 0 aliphatic carbocycles. The van der Waals surface area contributed by atoms with Gasteiger partial charge in [0.2, 0.25) is 5.91 Å². The van der Waals surface area contributed by atoms with Crippen LogP contribution in [-0.2, 0) is 11.3 Å². The van der Waals surface area contributed by atoms with E-state index in [9.17, 15) is 4.79 Å². The van der Waals surface area contributed by atoms with E-state index in [1.54, 1.807) is 18.3 Å². The monoisotopic (exact) mass is 325 g/mol. The highest BCUT2D eigenvalue weighted by molar-refractivity contribution is 9.11. The Kier molecular flexibility index (Phi) is 4.41. The standard InChI is InChI=1S/C8H9Br2NOS/c1-5(9)8(12)11-4-6-2-3-7(10)13-6/h2-3,5H,4H2,1H3,(H,11,12). The quantitative estimate of drug-likeness (QED) is 0.850. The van der Waals surface area contributed by atoms with Crippen LogP contribution in [0, 0.1) is 0 Å². The number of nitrogens with one attached hydrogen (secondary N) is 1. The summed E-state index contributed by atoms with van der Waals surface area (Å²) >= 11 is 8.19. The Morgan fingerprint density at radius 2 is 2.38 bits per heavy atom. The van der Waals surface area contributed by atoms with Crippen molar-refractivity contribution in [2.24, 2.45) is 0 Å². The van der Waals surface area contributed by atoms with Crippen LogP contribution in [0.3, 0.4) is 0 Å². The Bertz CT molecular complexity index is 298. The number of halogens is 2. The summed E-state index contributed by atoms with van der Waals surface area (Å²) in [6, 6.07) is 3.97. The normalized spacial score (nSPS) is 12.5. The zero-order chi connectivity index (χ0) is 9.84. The topological polar surface area (TPSA) is 29.1 Å². The van der Waals surface area contributed by atoms with Crippen molar-refractivity contribution >= 4 is 49.1 Å². The molecular formula is C8H9Br2NOS. The van der Waals surface area contributed by atoms with Gasteiger partial charge in [0.25, 0.3) is 0 Å². The lowest BCUT2D eigenvalue weighted by Crippen LogP contribution is -2.28. The first kappa shape index (κ1) is 11.2. The zero-order valence-corrected chi connectivity index (χ0v) is 11.0. The van der Waals surface area contributed by atoms with Crippen LogP contribution in [0.15, 0.2) is 15.9 Å². The molecule has 0 aliphatic heterocycles. The Balaban J connectivity index is 2.39. The smallest absolute Gasteiger partial charge is 0.233 e. The SMILES string of the molecule is CC(Br)C(=O)NCc1ccc(Br)s1. The third kappa shape index (κ3) is 3.79. The molecule has 0 radical (unpaired) electrons. The lowest BCUT2D eigenvalue weighted by molar-refractivity contribution is -0.120. The first-order valence-corrected chi connectivity index (χ1v) is 6.28. The van der Waals surface area contributed by atoms with Crippen molar-refractivity contribution in [1.29, 1.82) is 0 Å². The Labute approximate surface area is 98.0 Å². The van der Waals surface area contributed by atoms with Crippen molar-refractivity contribution in [2.75, 3.05) is 0 Å². The summed E-state index contributed by atoms with van der Waals surface area (Å²) in [6.45, 7) is 2.41. The zero-order valence-electron chi connectivity index (χ0n) is 7.01. The molecular weight excluding hydrogens is 318 g/mol. The Morgan fingerprint density at radius 3 is 2.85 bits per heavy atom. The minimum atomic E-state index is -0.129. The third-order valence-corrected chi connectivity index (χ3v) is 3.47.